The van der Waals surface area contributed by atoms with Crippen LogP contribution in [-0.2, 0) is 14.3 Å². The molecule has 1 heterocycles. The van der Waals surface area contributed by atoms with Gasteiger partial charge in [0.05, 0.1) is 5.92 Å². The lowest BCUT2D eigenvalue weighted by Gasteiger charge is -2.26. The number of hydrogen-bond donors (Lipinski definition) is 2. The molecule has 5 nitrogen and oxygen atoms in total. The molecule has 19 heavy (non-hydrogen) atoms. The molecule has 0 spiro atoms. The monoisotopic (exact) mass is 269 g/mol. The fourth-order valence-corrected chi connectivity index (χ4v) is 2.93. The smallest absolute Gasteiger partial charge is 0.306 e. The van der Waals surface area contributed by atoms with Gasteiger partial charge in [0, 0.05) is 25.7 Å². The van der Waals surface area contributed by atoms with Gasteiger partial charge in [-0.15, -0.1) is 0 Å². The molecule has 1 amide bonds. The molecule has 2 fully saturated rings. The minimum Gasteiger partial charge on any atom is -0.481 e. The molecule has 1 saturated carbocycles. The third-order valence-corrected chi connectivity index (χ3v) is 4.25. The summed E-state index contributed by atoms with van der Waals surface area (Å²) in [6.07, 6.45) is 5.46. The molecule has 1 unspecified atom stereocenters. The number of nitrogens with one attached hydrogen (secondary N) is 1. The second-order valence-electron chi connectivity index (χ2n) is 5.72. The van der Waals surface area contributed by atoms with Crippen molar-refractivity contribution in [2.45, 2.75) is 51.0 Å². The number of carbonyl (C=O) groups is 2. The Balaban J connectivity index is 1.61. The number of hydrogen-bond acceptors (Lipinski definition) is 3. The summed E-state index contributed by atoms with van der Waals surface area (Å²) in [6, 6.07) is 0.169. The Morgan fingerprint density at radius 1 is 1.16 bits per heavy atom. The van der Waals surface area contributed by atoms with Gasteiger partial charge in [-0.05, 0) is 44.4 Å². The van der Waals surface area contributed by atoms with Gasteiger partial charge in [0.15, 0.2) is 0 Å². The molecular weight excluding hydrogens is 246 g/mol. The van der Waals surface area contributed by atoms with E-state index in [1.807, 2.05) is 0 Å². The molecular formula is C14H23NO4. The number of ether oxygens (including phenoxy) is 1. The molecule has 0 aromatic heterocycles. The highest BCUT2D eigenvalue weighted by Gasteiger charge is 2.26. The number of carbonyl (C=O) groups excluding carboxylic acids is 1. The van der Waals surface area contributed by atoms with Crippen molar-refractivity contribution in [3.63, 3.8) is 0 Å². The van der Waals surface area contributed by atoms with Crippen molar-refractivity contribution < 1.29 is 19.4 Å². The van der Waals surface area contributed by atoms with Gasteiger partial charge in [-0.1, -0.05) is 0 Å². The average Bonchev–Trinajstić information content (AvgIpc) is 2.90. The summed E-state index contributed by atoms with van der Waals surface area (Å²) < 4.78 is 5.29. The quantitative estimate of drug-likeness (QED) is 0.794. The molecule has 1 aliphatic carbocycles. The van der Waals surface area contributed by atoms with Crippen LogP contribution in [0, 0.1) is 11.8 Å². The van der Waals surface area contributed by atoms with E-state index in [2.05, 4.69) is 5.32 Å². The second kappa shape index (κ2) is 6.89. The van der Waals surface area contributed by atoms with Gasteiger partial charge in [0.1, 0.15) is 0 Å². The van der Waals surface area contributed by atoms with Crippen molar-refractivity contribution in [2.24, 2.45) is 11.8 Å². The lowest BCUT2D eigenvalue weighted by Crippen LogP contribution is -2.38. The van der Waals surface area contributed by atoms with Crippen LogP contribution in [0.1, 0.15) is 44.9 Å². The fraction of sp³-hybridized carbons (Fsp3) is 0.857. The fourth-order valence-electron chi connectivity index (χ4n) is 2.93. The number of carboxylic acid groups (broad SMARTS) is 1. The molecule has 0 aromatic carbocycles. The van der Waals surface area contributed by atoms with Crippen molar-refractivity contribution in [3.8, 4) is 0 Å². The Kier molecular flexibility index (Phi) is 5.19. The molecule has 1 saturated heterocycles. The number of amides is 1. The van der Waals surface area contributed by atoms with Gasteiger partial charge in [0.25, 0.3) is 0 Å². The van der Waals surface area contributed by atoms with Crippen LogP contribution in [0.2, 0.25) is 0 Å². The van der Waals surface area contributed by atoms with E-state index in [0.717, 1.165) is 38.9 Å². The molecule has 1 atom stereocenters. The zero-order valence-electron chi connectivity index (χ0n) is 11.3. The molecule has 5 heteroatoms. The predicted octanol–water partition coefficient (Wildman–Crippen LogP) is 1.56. The maximum atomic E-state index is 11.8. The molecule has 2 rings (SSSR count). The van der Waals surface area contributed by atoms with Crippen LogP contribution < -0.4 is 5.32 Å². The van der Waals surface area contributed by atoms with Crippen LogP contribution in [0.15, 0.2) is 0 Å². The van der Waals surface area contributed by atoms with Crippen LogP contribution in [-0.4, -0.2) is 36.2 Å². The molecule has 0 bridgehead atoms. The molecule has 2 N–H and O–H groups in total. The Bertz CT molecular complexity index is 317. The normalized spacial score (nSPS) is 31.1. The van der Waals surface area contributed by atoms with E-state index in [1.54, 1.807) is 0 Å². The van der Waals surface area contributed by atoms with Gasteiger partial charge >= 0.3 is 5.97 Å². The summed E-state index contributed by atoms with van der Waals surface area (Å²) in [5, 5.41) is 11.9. The third kappa shape index (κ3) is 4.49. The predicted molar refractivity (Wildman–Crippen MR) is 69.7 cm³/mol. The maximum Gasteiger partial charge on any atom is 0.306 e. The zero-order chi connectivity index (χ0) is 13.7. The van der Waals surface area contributed by atoms with Gasteiger partial charge in [-0.25, -0.2) is 0 Å². The first-order chi connectivity index (χ1) is 9.15. The van der Waals surface area contributed by atoms with E-state index in [0.29, 0.717) is 25.2 Å². The molecule has 2 aliphatic rings. The Morgan fingerprint density at radius 3 is 2.47 bits per heavy atom. The average molecular weight is 269 g/mol. The van der Waals surface area contributed by atoms with Gasteiger partial charge < -0.3 is 15.2 Å². The summed E-state index contributed by atoms with van der Waals surface area (Å²) in [4.78, 5) is 22.6. The summed E-state index contributed by atoms with van der Waals surface area (Å²) in [6.45, 7) is 1.61. The van der Waals surface area contributed by atoms with Gasteiger partial charge in [-0.3, -0.25) is 9.59 Å². The van der Waals surface area contributed by atoms with E-state index < -0.39 is 5.97 Å². The molecule has 0 radical (unpaired) electrons. The Hall–Kier alpha value is -1.10. The SMILES string of the molecule is O=C(CCC1CCOC1)NC1CCC(C(=O)O)CC1. The summed E-state index contributed by atoms with van der Waals surface area (Å²) in [5.41, 5.74) is 0. The first-order valence-corrected chi connectivity index (χ1v) is 7.25. The van der Waals surface area contributed by atoms with E-state index in [1.165, 1.54) is 0 Å². The lowest BCUT2D eigenvalue weighted by molar-refractivity contribution is -0.142. The van der Waals surface area contributed by atoms with E-state index >= 15 is 0 Å². The summed E-state index contributed by atoms with van der Waals surface area (Å²) in [5.74, 6) is -0.283. The minimum absolute atomic E-state index is 0.102. The standard InChI is InChI=1S/C14H23NO4/c16-13(6-1-10-7-8-19-9-10)15-12-4-2-11(3-5-12)14(17)18/h10-12H,1-9H2,(H,15,16)(H,17,18). The highest BCUT2D eigenvalue weighted by atomic mass is 16.5. The topological polar surface area (TPSA) is 75.6 Å². The van der Waals surface area contributed by atoms with Crippen molar-refractivity contribution in [3.05, 3.63) is 0 Å². The van der Waals surface area contributed by atoms with Crippen molar-refractivity contribution in [2.75, 3.05) is 13.2 Å². The number of aliphatic carboxylic acids is 1. The van der Waals surface area contributed by atoms with Crippen molar-refractivity contribution >= 4 is 11.9 Å². The van der Waals surface area contributed by atoms with Crippen LogP contribution >= 0.6 is 0 Å². The molecule has 108 valence electrons. The summed E-state index contributed by atoms with van der Waals surface area (Å²) >= 11 is 0. The lowest BCUT2D eigenvalue weighted by atomic mass is 9.86. The second-order valence-corrected chi connectivity index (χ2v) is 5.72. The van der Waals surface area contributed by atoms with E-state index in [9.17, 15) is 9.59 Å². The van der Waals surface area contributed by atoms with Gasteiger partial charge in [-0.2, -0.15) is 0 Å². The Labute approximate surface area is 113 Å². The largest absolute Gasteiger partial charge is 0.481 e. The van der Waals surface area contributed by atoms with Crippen molar-refractivity contribution in [1.29, 1.82) is 0 Å². The van der Waals surface area contributed by atoms with Crippen LogP contribution in [0.4, 0.5) is 0 Å². The highest BCUT2D eigenvalue weighted by Crippen LogP contribution is 2.24. The molecule has 0 aromatic rings. The van der Waals surface area contributed by atoms with Crippen molar-refractivity contribution in [1.82, 2.24) is 5.32 Å². The zero-order valence-corrected chi connectivity index (χ0v) is 11.3. The van der Waals surface area contributed by atoms with Crippen LogP contribution in [0.25, 0.3) is 0 Å². The van der Waals surface area contributed by atoms with Gasteiger partial charge in [0.2, 0.25) is 5.91 Å². The third-order valence-electron chi connectivity index (χ3n) is 4.25. The van der Waals surface area contributed by atoms with Crippen LogP contribution in [0.3, 0.4) is 0 Å². The molecule has 1 aliphatic heterocycles. The summed E-state index contributed by atoms with van der Waals surface area (Å²) in [7, 11) is 0. The number of carboxylic acids is 1. The highest BCUT2D eigenvalue weighted by molar-refractivity contribution is 5.76. The Morgan fingerprint density at radius 2 is 1.89 bits per heavy atom. The first kappa shape index (κ1) is 14.3. The van der Waals surface area contributed by atoms with E-state index in [4.69, 9.17) is 9.84 Å². The maximum absolute atomic E-state index is 11.8. The minimum atomic E-state index is -0.703. The van der Waals surface area contributed by atoms with Crippen LogP contribution in [0.5, 0.6) is 0 Å². The van der Waals surface area contributed by atoms with E-state index in [-0.39, 0.29) is 17.9 Å². The first-order valence-electron chi connectivity index (χ1n) is 7.25. The number of rotatable bonds is 5.